The third-order valence-electron chi connectivity index (χ3n) is 4.26. The zero-order valence-corrected chi connectivity index (χ0v) is 19.0. The number of pyridine rings is 1. The van der Waals surface area contributed by atoms with Gasteiger partial charge in [-0.2, -0.15) is 5.10 Å². The molecule has 2 aromatic heterocycles. The number of methoxy groups -OCH3 is 2. The average Bonchev–Trinajstić information content (AvgIpc) is 3.07. The van der Waals surface area contributed by atoms with E-state index in [2.05, 4.69) is 15.4 Å². The molecule has 2 heterocycles. The highest BCUT2D eigenvalue weighted by molar-refractivity contribution is 5.96. The van der Waals surface area contributed by atoms with Crippen LogP contribution in [0.4, 0.5) is 0 Å². The van der Waals surface area contributed by atoms with Crippen LogP contribution in [0.5, 0.6) is 11.5 Å². The summed E-state index contributed by atoms with van der Waals surface area (Å²) in [4.78, 5) is 16.7. The van der Waals surface area contributed by atoms with Crippen molar-refractivity contribution in [2.24, 2.45) is 5.73 Å². The number of hydrogen-bond acceptors (Lipinski definition) is 6. The van der Waals surface area contributed by atoms with Crippen molar-refractivity contribution < 1.29 is 14.3 Å². The fraction of sp³-hybridized carbons (Fsp3) is 0.350. The minimum absolute atomic E-state index is 0. The van der Waals surface area contributed by atoms with Gasteiger partial charge in [0.2, 0.25) is 0 Å². The van der Waals surface area contributed by atoms with Gasteiger partial charge in [-0.15, -0.1) is 24.8 Å². The lowest BCUT2D eigenvalue weighted by Gasteiger charge is -2.18. The number of amides is 1. The van der Waals surface area contributed by atoms with Crippen LogP contribution in [0, 0.1) is 0 Å². The summed E-state index contributed by atoms with van der Waals surface area (Å²) in [5.41, 5.74) is 7.54. The maximum absolute atomic E-state index is 12.3. The molecule has 0 fully saturated rings. The minimum Gasteiger partial charge on any atom is -0.497 e. The molecule has 0 aliphatic heterocycles. The summed E-state index contributed by atoms with van der Waals surface area (Å²) in [5.74, 6) is 1.22. The molecule has 0 atom stereocenters. The van der Waals surface area contributed by atoms with E-state index in [-0.39, 0.29) is 30.7 Å². The summed E-state index contributed by atoms with van der Waals surface area (Å²) < 4.78 is 12.5. The lowest BCUT2D eigenvalue weighted by Crippen LogP contribution is -2.45. The largest absolute Gasteiger partial charge is 0.497 e. The smallest absolute Gasteiger partial charge is 0.252 e. The number of nitrogens with one attached hydrogen (secondary N) is 1. The van der Waals surface area contributed by atoms with Crippen LogP contribution in [-0.4, -0.2) is 47.0 Å². The molecule has 0 radical (unpaired) electrons. The number of rotatable bonds is 7. The first-order chi connectivity index (χ1) is 13.3. The van der Waals surface area contributed by atoms with E-state index in [1.807, 2.05) is 32.0 Å². The molecule has 0 aliphatic rings. The van der Waals surface area contributed by atoms with Crippen molar-refractivity contribution in [3.8, 4) is 11.5 Å². The van der Waals surface area contributed by atoms with E-state index < -0.39 is 5.54 Å². The number of nitrogens with two attached hydrogens (primary N) is 1. The molecule has 3 rings (SSSR count). The van der Waals surface area contributed by atoms with Gasteiger partial charge in [-0.1, -0.05) is 0 Å². The lowest BCUT2D eigenvalue weighted by molar-refractivity contribution is 0.0946. The molecule has 0 bridgehead atoms. The van der Waals surface area contributed by atoms with E-state index in [1.54, 1.807) is 37.4 Å². The Morgan fingerprint density at radius 1 is 1.17 bits per heavy atom. The number of carbonyl (C=O) groups excluding carboxylic acids is 1. The van der Waals surface area contributed by atoms with Crippen LogP contribution >= 0.6 is 24.8 Å². The van der Waals surface area contributed by atoms with E-state index in [0.717, 1.165) is 16.7 Å². The van der Waals surface area contributed by atoms with Crippen LogP contribution in [0.3, 0.4) is 0 Å². The first-order valence-corrected chi connectivity index (χ1v) is 8.90. The Morgan fingerprint density at radius 3 is 2.53 bits per heavy atom. The Morgan fingerprint density at radius 2 is 1.90 bits per heavy atom. The maximum Gasteiger partial charge on any atom is 0.252 e. The van der Waals surface area contributed by atoms with Gasteiger partial charge in [-0.05, 0) is 32.0 Å². The molecule has 1 aromatic carbocycles. The topological polar surface area (TPSA) is 104 Å². The molecule has 1 amide bonds. The summed E-state index contributed by atoms with van der Waals surface area (Å²) in [6.07, 6.45) is 3.24. The highest BCUT2D eigenvalue weighted by Gasteiger charge is 2.15. The van der Waals surface area contributed by atoms with Crippen molar-refractivity contribution in [3.05, 3.63) is 47.8 Å². The van der Waals surface area contributed by atoms with Gasteiger partial charge < -0.3 is 20.5 Å². The number of carbonyl (C=O) groups is 1. The number of fused-ring (bicyclic) bond motifs is 1. The van der Waals surface area contributed by atoms with Crippen LogP contribution in [0.1, 0.15) is 29.8 Å². The normalized spacial score (nSPS) is 10.7. The molecule has 0 unspecified atom stereocenters. The Kier molecular flexibility index (Phi) is 8.90. The minimum atomic E-state index is -0.477. The van der Waals surface area contributed by atoms with Crippen LogP contribution in [0.15, 0.2) is 36.7 Å². The van der Waals surface area contributed by atoms with E-state index in [0.29, 0.717) is 30.0 Å². The number of halogens is 2. The first-order valence-electron chi connectivity index (χ1n) is 8.90. The number of aromatic nitrogens is 3. The van der Waals surface area contributed by atoms with Crippen LogP contribution < -0.4 is 20.5 Å². The number of benzene rings is 1. The molecule has 0 aliphatic carbocycles. The second-order valence-corrected chi connectivity index (χ2v) is 7.29. The van der Waals surface area contributed by atoms with Crippen molar-refractivity contribution in [3.63, 3.8) is 0 Å². The third-order valence-corrected chi connectivity index (χ3v) is 4.26. The molecular formula is C20H27Cl2N5O3. The fourth-order valence-corrected chi connectivity index (χ4v) is 2.77. The van der Waals surface area contributed by atoms with Crippen LogP contribution in [0.2, 0.25) is 0 Å². The van der Waals surface area contributed by atoms with Crippen molar-refractivity contribution in [2.75, 3.05) is 20.8 Å². The standard InChI is InChI=1S/C20H25N5O3.2ClH/c1-20(2,21)12-23-19(26)15-7-14-10-24-25(18(14)22-9-15)11-13-5-6-16(27-3)8-17(13)28-4;;/h5-10H,11-12,21H2,1-4H3,(H,23,26);2*1H. The molecule has 8 nitrogen and oxygen atoms in total. The maximum atomic E-state index is 12.3. The molecule has 0 saturated heterocycles. The first kappa shape index (κ1) is 25.5. The van der Waals surface area contributed by atoms with Gasteiger partial charge in [-0.3, -0.25) is 4.79 Å². The van der Waals surface area contributed by atoms with E-state index in [4.69, 9.17) is 15.2 Å². The third kappa shape index (κ3) is 5.98. The predicted octanol–water partition coefficient (Wildman–Crippen LogP) is 2.81. The van der Waals surface area contributed by atoms with E-state index in [9.17, 15) is 4.79 Å². The second kappa shape index (κ2) is 10.5. The molecule has 164 valence electrons. The molecule has 3 N–H and O–H groups in total. The fourth-order valence-electron chi connectivity index (χ4n) is 2.77. The zero-order valence-electron chi connectivity index (χ0n) is 17.3. The highest BCUT2D eigenvalue weighted by Crippen LogP contribution is 2.26. The monoisotopic (exact) mass is 455 g/mol. The number of ether oxygens (including phenoxy) is 2. The molecule has 30 heavy (non-hydrogen) atoms. The second-order valence-electron chi connectivity index (χ2n) is 7.29. The van der Waals surface area contributed by atoms with Crippen molar-refractivity contribution >= 4 is 41.8 Å². The lowest BCUT2D eigenvalue weighted by atomic mass is 10.1. The number of nitrogens with zero attached hydrogens (tertiary/aromatic N) is 3. The van der Waals surface area contributed by atoms with Gasteiger partial charge in [0.15, 0.2) is 5.65 Å². The summed E-state index contributed by atoms with van der Waals surface area (Å²) in [7, 11) is 3.23. The summed E-state index contributed by atoms with van der Waals surface area (Å²) in [5, 5.41) is 8.01. The van der Waals surface area contributed by atoms with Gasteiger partial charge in [0, 0.05) is 35.3 Å². The quantitative estimate of drug-likeness (QED) is 0.567. The summed E-state index contributed by atoms with van der Waals surface area (Å²) in [6.45, 7) is 4.56. The Balaban J connectivity index is 0.00000225. The van der Waals surface area contributed by atoms with Gasteiger partial charge in [0.05, 0.1) is 32.5 Å². The number of hydrogen-bond donors (Lipinski definition) is 2. The Bertz CT molecular complexity index is 1000. The zero-order chi connectivity index (χ0) is 20.3. The molecule has 3 aromatic rings. The SMILES string of the molecule is COc1ccc(Cn2ncc3cc(C(=O)NCC(C)(C)N)cnc32)c(OC)c1.Cl.Cl. The highest BCUT2D eigenvalue weighted by atomic mass is 35.5. The summed E-state index contributed by atoms with van der Waals surface area (Å²) >= 11 is 0. The van der Waals surface area contributed by atoms with Crippen LogP contribution in [-0.2, 0) is 6.54 Å². The van der Waals surface area contributed by atoms with Crippen molar-refractivity contribution in [1.82, 2.24) is 20.1 Å². The Labute approximate surface area is 188 Å². The van der Waals surface area contributed by atoms with Gasteiger partial charge >= 0.3 is 0 Å². The summed E-state index contributed by atoms with van der Waals surface area (Å²) in [6, 6.07) is 7.41. The van der Waals surface area contributed by atoms with Gasteiger partial charge in [-0.25, -0.2) is 9.67 Å². The predicted molar refractivity (Wildman–Crippen MR) is 121 cm³/mol. The van der Waals surface area contributed by atoms with E-state index in [1.165, 1.54) is 0 Å². The van der Waals surface area contributed by atoms with Gasteiger partial charge in [0.25, 0.3) is 5.91 Å². The van der Waals surface area contributed by atoms with Gasteiger partial charge in [0.1, 0.15) is 11.5 Å². The van der Waals surface area contributed by atoms with Crippen molar-refractivity contribution in [1.29, 1.82) is 0 Å². The average molecular weight is 456 g/mol. The van der Waals surface area contributed by atoms with E-state index >= 15 is 0 Å². The van der Waals surface area contributed by atoms with Crippen LogP contribution in [0.25, 0.3) is 11.0 Å². The molecular weight excluding hydrogens is 429 g/mol. The Hall–Kier alpha value is -2.55. The molecule has 0 spiro atoms. The molecule has 0 saturated carbocycles. The van der Waals surface area contributed by atoms with Crippen molar-refractivity contribution in [2.45, 2.75) is 25.9 Å². The molecule has 10 heteroatoms.